The number of aromatic nitrogens is 2. The maximum Gasteiger partial charge on any atom is 0.277 e. The Kier molecular flexibility index (Phi) is 5.58. The van der Waals surface area contributed by atoms with Crippen molar-refractivity contribution in [1.29, 1.82) is 0 Å². The highest BCUT2D eigenvalue weighted by molar-refractivity contribution is 8.00. The molecule has 2 unspecified atom stereocenters. The molecule has 0 radical (unpaired) electrons. The zero-order valence-electron chi connectivity index (χ0n) is 16.7. The van der Waals surface area contributed by atoms with E-state index in [9.17, 15) is 4.79 Å². The summed E-state index contributed by atoms with van der Waals surface area (Å²) in [6, 6.07) is 15.7. The van der Waals surface area contributed by atoms with E-state index in [2.05, 4.69) is 23.2 Å². The van der Waals surface area contributed by atoms with E-state index in [0.29, 0.717) is 17.7 Å². The fraction of sp³-hybridized carbons (Fsp3) is 0.318. The van der Waals surface area contributed by atoms with Crippen LogP contribution in [0.15, 0.2) is 58.2 Å². The van der Waals surface area contributed by atoms with Gasteiger partial charge in [-0.15, -0.1) is 10.2 Å². The molecule has 2 heterocycles. The molecule has 0 spiro atoms. The van der Waals surface area contributed by atoms with E-state index in [1.807, 2.05) is 61.2 Å². The molecule has 0 fully saturated rings. The third-order valence-electron chi connectivity index (χ3n) is 4.89. The molecule has 0 aliphatic carbocycles. The first kappa shape index (κ1) is 19.5. The number of rotatable bonds is 6. The molecule has 1 aliphatic heterocycles. The predicted molar refractivity (Wildman–Crippen MR) is 113 cm³/mol. The molecule has 6 nitrogen and oxygen atoms in total. The monoisotopic (exact) mass is 409 g/mol. The van der Waals surface area contributed by atoms with Crippen molar-refractivity contribution in [2.75, 3.05) is 11.5 Å². The van der Waals surface area contributed by atoms with Crippen LogP contribution in [0, 0.1) is 0 Å². The first-order valence-electron chi connectivity index (χ1n) is 9.71. The lowest BCUT2D eigenvalue weighted by atomic mass is 10.1. The summed E-state index contributed by atoms with van der Waals surface area (Å²) in [5, 5.41) is 8.28. The Morgan fingerprint density at radius 1 is 1.24 bits per heavy atom. The van der Waals surface area contributed by atoms with Gasteiger partial charge < -0.3 is 14.1 Å². The molecule has 1 aromatic heterocycles. The molecule has 2 aromatic carbocycles. The number of hydrogen-bond donors (Lipinski definition) is 0. The van der Waals surface area contributed by atoms with Crippen molar-refractivity contribution in [3.8, 4) is 17.2 Å². The van der Waals surface area contributed by atoms with Crippen LogP contribution in [0.25, 0.3) is 11.5 Å². The standard InChI is InChI=1S/C22H23N3O3S/c1-4-27-18-11-9-16(10-12-18)20-23-24-22(28-20)29-15(3)21(26)25-14(2)13-17-7-5-6-8-19(17)25/h5-12,14-15H,4,13H2,1-3H3. The van der Waals surface area contributed by atoms with Crippen LogP contribution in [0.5, 0.6) is 5.75 Å². The molecule has 1 aliphatic rings. The number of benzene rings is 2. The number of anilines is 1. The third-order valence-corrected chi connectivity index (χ3v) is 5.81. The van der Waals surface area contributed by atoms with Crippen molar-refractivity contribution < 1.29 is 13.9 Å². The van der Waals surface area contributed by atoms with Gasteiger partial charge in [0.15, 0.2) is 0 Å². The average Bonchev–Trinajstić information content (AvgIpc) is 3.31. The number of fused-ring (bicyclic) bond motifs is 1. The van der Waals surface area contributed by atoms with Crippen molar-refractivity contribution >= 4 is 23.4 Å². The fourth-order valence-electron chi connectivity index (χ4n) is 3.53. The van der Waals surface area contributed by atoms with Gasteiger partial charge in [-0.25, -0.2) is 0 Å². The Morgan fingerprint density at radius 3 is 2.76 bits per heavy atom. The molecule has 7 heteroatoms. The van der Waals surface area contributed by atoms with Crippen molar-refractivity contribution in [2.45, 2.75) is 43.7 Å². The first-order valence-corrected chi connectivity index (χ1v) is 10.6. The van der Waals surface area contributed by atoms with Crippen LogP contribution >= 0.6 is 11.8 Å². The lowest BCUT2D eigenvalue weighted by molar-refractivity contribution is -0.118. The summed E-state index contributed by atoms with van der Waals surface area (Å²) in [6.07, 6.45) is 0.877. The molecule has 2 atom stereocenters. The molecule has 29 heavy (non-hydrogen) atoms. The largest absolute Gasteiger partial charge is 0.494 e. The van der Waals surface area contributed by atoms with Crippen LogP contribution in [0.1, 0.15) is 26.3 Å². The van der Waals surface area contributed by atoms with E-state index in [1.54, 1.807) is 0 Å². The summed E-state index contributed by atoms with van der Waals surface area (Å²) in [4.78, 5) is 15.0. The summed E-state index contributed by atoms with van der Waals surface area (Å²) in [5.41, 5.74) is 3.02. The van der Waals surface area contributed by atoms with Gasteiger partial charge in [0.05, 0.1) is 11.9 Å². The lowest BCUT2D eigenvalue weighted by Gasteiger charge is -2.25. The lowest BCUT2D eigenvalue weighted by Crippen LogP contribution is -2.40. The predicted octanol–water partition coefficient (Wildman–Crippen LogP) is 4.59. The Labute approximate surface area is 174 Å². The summed E-state index contributed by atoms with van der Waals surface area (Å²) in [6.45, 7) is 6.51. The molecule has 4 rings (SSSR count). The minimum Gasteiger partial charge on any atom is -0.494 e. The highest BCUT2D eigenvalue weighted by atomic mass is 32.2. The maximum atomic E-state index is 13.1. The Hall–Kier alpha value is -2.80. The van der Waals surface area contributed by atoms with Crippen molar-refractivity contribution in [2.24, 2.45) is 0 Å². The Balaban J connectivity index is 1.45. The number of ether oxygens (including phenoxy) is 1. The zero-order valence-corrected chi connectivity index (χ0v) is 17.5. The minimum absolute atomic E-state index is 0.0493. The maximum absolute atomic E-state index is 13.1. The zero-order chi connectivity index (χ0) is 20.4. The first-order chi connectivity index (χ1) is 14.1. The molecule has 0 saturated carbocycles. The smallest absolute Gasteiger partial charge is 0.277 e. The highest BCUT2D eigenvalue weighted by Gasteiger charge is 2.34. The molecular formula is C22H23N3O3S. The van der Waals surface area contributed by atoms with Crippen LogP contribution in [-0.2, 0) is 11.2 Å². The Morgan fingerprint density at radius 2 is 2.00 bits per heavy atom. The van der Waals surface area contributed by atoms with E-state index < -0.39 is 0 Å². The van der Waals surface area contributed by atoms with Crippen molar-refractivity contribution in [3.05, 3.63) is 54.1 Å². The van der Waals surface area contributed by atoms with E-state index in [1.165, 1.54) is 17.3 Å². The Bertz CT molecular complexity index is 1000. The number of nitrogens with zero attached hydrogens (tertiary/aromatic N) is 3. The van der Waals surface area contributed by atoms with E-state index in [-0.39, 0.29) is 17.2 Å². The summed E-state index contributed by atoms with van der Waals surface area (Å²) >= 11 is 1.29. The SMILES string of the molecule is CCOc1ccc(-c2nnc(SC(C)C(=O)N3c4ccccc4CC3C)o2)cc1. The summed E-state index contributed by atoms with van der Waals surface area (Å²) in [7, 11) is 0. The van der Waals surface area contributed by atoms with Gasteiger partial charge in [-0.05, 0) is 63.1 Å². The molecule has 0 bridgehead atoms. The van der Waals surface area contributed by atoms with E-state index in [4.69, 9.17) is 9.15 Å². The van der Waals surface area contributed by atoms with Gasteiger partial charge >= 0.3 is 0 Å². The molecule has 1 amide bonds. The average molecular weight is 410 g/mol. The third kappa shape index (κ3) is 4.00. The highest BCUT2D eigenvalue weighted by Crippen LogP contribution is 2.35. The number of amides is 1. The fourth-order valence-corrected chi connectivity index (χ4v) is 4.27. The second-order valence-electron chi connectivity index (χ2n) is 6.98. The van der Waals surface area contributed by atoms with Gasteiger partial charge in [-0.1, -0.05) is 30.0 Å². The second-order valence-corrected chi connectivity index (χ2v) is 8.27. The molecule has 0 saturated heterocycles. The molecular weight excluding hydrogens is 386 g/mol. The van der Waals surface area contributed by atoms with E-state index in [0.717, 1.165) is 23.4 Å². The molecule has 150 valence electrons. The quantitative estimate of drug-likeness (QED) is 0.555. The van der Waals surface area contributed by atoms with E-state index >= 15 is 0 Å². The van der Waals surface area contributed by atoms with Gasteiger partial charge in [0.1, 0.15) is 5.75 Å². The van der Waals surface area contributed by atoms with Gasteiger partial charge in [-0.3, -0.25) is 4.79 Å². The van der Waals surface area contributed by atoms with Gasteiger partial charge in [0.2, 0.25) is 11.8 Å². The molecule has 3 aromatic rings. The van der Waals surface area contributed by atoms with Crippen LogP contribution < -0.4 is 9.64 Å². The number of para-hydroxylation sites is 1. The number of thioether (sulfide) groups is 1. The van der Waals surface area contributed by atoms with Gasteiger partial charge in [0.25, 0.3) is 5.22 Å². The van der Waals surface area contributed by atoms with Gasteiger partial charge in [0, 0.05) is 17.3 Å². The molecule has 0 N–H and O–H groups in total. The van der Waals surface area contributed by atoms with Gasteiger partial charge in [-0.2, -0.15) is 0 Å². The van der Waals surface area contributed by atoms with Crippen LogP contribution in [-0.4, -0.2) is 34.0 Å². The van der Waals surface area contributed by atoms with Crippen molar-refractivity contribution in [1.82, 2.24) is 10.2 Å². The van der Waals surface area contributed by atoms with Crippen LogP contribution in [0.3, 0.4) is 0 Å². The number of carbonyl (C=O) groups excluding carboxylic acids is 1. The summed E-state index contributed by atoms with van der Waals surface area (Å²) in [5.74, 6) is 1.27. The number of carbonyl (C=O) groups is 1. The topological polar surface area (TPSA) is 68.5 Å². The van der Waals surface area contributed by atoms with Crippen molar-refractivity contribution in [3.63, 3.8) is 0 Å². The minimum atomic E-state index is -0.336. The second kappa shape index (κ2) is 8.29. The normalized spacial score (nSPS) is 16.5. The number of hydrogen-bond acceptors (Lipinski definition) is 6. The van der Waals surface area contributed by atoms with Crippen LogP contribution in [0.4, 0.5) is 5.69 Å². The van der Waals surface area contributed by atoms with Crippen LogP contribution in [0.2, 0.25) is 0 Å². The summed E-state index contributed by atoms with van der Waals surface area (Å²) < 4.78 is 11.2.